The van der Waals surface area contributed by atoms with Gasteiger partial charge in [-0.25, -0.2) is 4.79 Å². The number of carbonyl (C=O) groups is 1. The monoisotopic (exact) mass is 275 g/mol. The Labute approximate surface area is 122 Å². The van der Waals surface area contributed by atoms with Crippen LogP contribution in [-0.4, -0.2) is 12.7 Å². The number of carbonyl (C=O) groups excluding carboxylic acids is 1. The lowest BCUT2D eigenvalue weighted by Gasteiger charge is -2.27. The minimum absolute atomic E-state index is 0.329. The van der Waals surface area contributed by atoms with Gasteiger partial charge in [0.25, 0.3) is 0 Å². The second-order valence-electron chi connectivity index (χ2n) is 6.10. The van der Waals surface area contributed by atoms with Crippen LogP contribution in [0.4, 0.5) is 4.79 Å². The van der Waals surface area contributed by atoms with Gasteiger partial charge >= 0.3 is 6.09 Å². The molecule has 0 unspecified atom stereocenters. The van der Waals surface area contributed by atoms with Crippen LogP contribution >= 0.6 is 0 Å². The van der Waals surface area contributed by atoms with Gasteiger partial charge < -0.3 is 10.1 Å². The molecule has 3 heteroatoms. The van der Waals surface area contributed by atoms with Crippen LogP contribution in [0.1, 0.15) is 45.7 Å². The predicted octanol–water partition coefficient (Wildman–Crippen LogP) is 4.34. The zero-order chi connectivity index (χ0) is 15.3. The average Bonchev–Trinajstić information content (AvgIpc) is 2.36. The summed E-state index contributed by atoms with van der Waals surface area (Å²) < 4.78 is 5.17. The van der Waals surface area contributed by atoms with Gasteiger partial charge in [-0.05, 0) is 43.9 Å². The maximum Gasteiger partial charge on any atom is 0.407 e. The third-order valence-corrected chi connectivity index (χ3v) is 3.04. The van der Waals surface area contributed by atoms with Gasteiger partial charge in [-0.3, -0.25) is 0 Å². The van der Waals surface area contributed by atoms with Gasteiger partial charge in [0, 0.05) is 0 Å². The molecular formula is C17H25NO2. The van der Waals surface area contributed by atoms with Crippen molar-refractivity contribution in [2.75, 3.05) is 6.61 Å². The van der Waals surface area contributed by atoms with E-state index in [1.165, 1.54) is 0 Å². The molecule has 0 saturated heterocycles. The summed E-state index contributed by atoms with van der Waals surface area (Å²) in [5.41, 5.74) is 2.62. The standard InChI is InChI=1S/C17H25NO2/c1-12(2)11-20-16(19)18-17(5,6)15-9-7-8-14(10-15)13(3)4/h7-10,12H,3,11H2,1-2,4-6H3,(H,18,19). The van der Waals surface area contributed by atoms with Crippen molar-refractivity contribution >= 4 is 11.7 Å². The summed E-state index contributed by atoms with van der Waals surface area (Å²) in [6.07, 6.45) is -0.385. The molecule has 0 aliphatic carbocycles. The Bertz CT molecular complexity index is 490. The van der Waals surface area contributed by atoms with E-state index in [0.717, 1.165) is 16.7 Å². The Balaban J connectivity index is 2.80. The Morgan fingerprint density at radius 2 is 2.05 bits per heavy atom. The van der Waals surface area contributed by atoms with Crippen LogP contribution in [0.25, 0.3) is 5.57 Å². The number of amides is 1. The molecule has 110 valence electrons. The van der Waals surface area contributed by atoms with Gasteiger partial charge in [0.05, 0.1) is 12.1 Å². The fourth-order valence-corrected chi connectivity index (χ4v) is 1.78. The molecule has 0 aliphatic rings. The van der Waals surface area contributed by atoms with Crippen LogP contribution in [0.2, 0.25) is 0 Å². The van der Waals surface area contributed by atoms with Crippen molar-refractivity contribution in [2.24, 2.45) is 5.92 Å². The van der Waals surface area contributed by atoms with E-state index in [0.29, 0.717) is 12.5 Å². The van der Waals surface area contributed by atoms with Gasteiger partial charge in [0.1, 0.15) is 0 Å². The normalized spacial score (nSPS) is 11.3. The van der Waals surface area contributed by atoms with E-state index < -0.39 is 5.54 Å². The molecule has 0 aromatic heterocycles. The highest BCUT2D eigenvalue weighted by Gasteiger charge is 2.24. The molecule has 0 bridgehead atoms. The van der Waals surface area contributed by atoms with E-state index in [2.05, 4.69) is 11.9 Å². The van der Waals surface area contributed by atoms with Crippen LogP contribution < -0.4 is 5.32 Å². The summed E-state index contributed by atoms with van der Waals surface area (Å²) in [7, 11) is 0. The van der Waals surface area contributed by atoms with E-state index in [1.807, 2.05) is 58.9 Å². The van der Waals surface area contributed by atoms with Gasteiger partial charge in [0.15, 0.2) is 0 Å². The van der Waals surface area contributed by atoms with Crippen molar-refractivity contribution in [3.05, 3.63) is 42.0 Å². The first kappa shape index (κ1) is 16.3. The zero-order valence-corrected chi connectivity index (χ0v) is 13.1. The van der Waals surface area contributed by atoms with E-state index >= 15 is 0 Å². The van der Waals surface area contributed by atoms with Gasteiger partial charge in [-0.15, -0.1) is 0 Å². The van der Waals surface area contributed by atoms with Gasteiger partial charge in [-0.2, -0.15) is 0 Å². The van der Waals surface area contributed by atoms with Crippen LogP contribution in [-0.2, 0) is 10.3 Å². The Morgan fingerprint density at radius 1 is 1.40 bits per heavy atom. The largest absolute Gasteiger partial charge is 0.449 e. The first-order valence-electron chi connectivity index (χ1n) is 6.93. The molecule has 1 amide bonds. The lowest BCUT2D eigenvalue weighted by Crippen LogP contribution is -2.41. The average molecular weight is 275 g/mol. The number of hydrogen-bond acceptors (Lipinski definition) is 2. The molecule has 20 heavy (non-hydrogen) atoms. The Morgan fingerprint density at radius 3 is 2.60 bits per heavy atom. The third-order valence-electron chi connectivity index (χ3n) is 3.04. The number of benzene rings is 1. The molecule has 0 saturated carbocycles. The van der Waals surface area contributed by atoms with Crippen molar-refractivity contribution < 1.29 is 9.53 Å². The van der Waals surface area contributed by atoms with E-state index in [4.69, 9.17) is 4.74 Å². The maximum absolute atomic E-state index is 11.8. The fraction of sp³-hybridized carbons (Fsp3) is 0.471. The topological polar surface area (TPSA) is 38.3 Å². The van der Waals surface area contributed by atoms with Crippen molar-refractivity contribution in [2.45, 2.75) is 40.2 Å². The summed E-state index contributed by atoms with van der Waals surface area (Å²) >= 11 is 0. The minimum Gasteiger partial charge on any atom is -0.449 e. The highest BCUT2D eigenvalue weighted by atomic mass is 16.5. The predicted molar refractivity (Wildman–Crippen MR) is 83.5 cm³/mol. The van der Waals surface area contributed by atoms with Crippen LogP contribution in [0, 0.1) is 5.92 Å². The molecule has 1 aromatic carbocycles. The maximum atomic E-state index is 11.8. The van der Waals surface area contributed by atoms with Gasteiger partial charge in [0.2, 0.25) is 0 Å². The zero-order valence-electron chi connectivity index (χ0n) is 13.1. The minimum atomic E-state index is -0.487. The smallest absolute Gasteiger partial charge is 0.407 e. The molecule has 1 rings (SSSR count). The number of allylic oxidation sites excluding steroid dienone is 1. The van der Waals surface area contributed by atoms with Crippen molar-refractivity contribution in [1.82, 2.24) is 5.32 Å². The van der Waals surface area contributed by atoms with Crippen LogP contribution in [0.3, 0.4) is 0 Å². The second-order valence-corrected chi connectivity index (χ2v) is 6.10. The highest BCUT2D eigenvalue weighted by Crippen LogP contribution is 2.23. The summed E-state index contributed by atoms with van der Waals surface area (Å²) in [5, 5.41) is 2.90. The molecule has 0 heterocycles. The summed E-state index contributed by atoms with van der Waals surface area (Å²) in [4.78, 5) is 11.8. The summed E-state index contributed by atoms with van der Waals surface area (Å²) in [6, 6.07) is 8.03. The lowest BCUT2D eigenvalue weighted by molar-refractivity contribution is 0.123. The SMILES string of the molecule is C=C(C)c1cccc(C(C)(C)NC(=O)OCC(C)C)c1. The van der Waals surface area contributed by atoms with Crippen molar-refractivity contribution in [3.8, 4) is 0 Å². The number of alkyl carbamates (subject to hydrolysis) is 1. The molecule has 0 spiro atoms. The van der Waals surface area contributed by atoms with Gasteiger partial charge in [-0.1, -0.05) is 44.2 Å². The first-order chi connectivity index (χ1) is 9.22. The molecule has 0 radical (unpaired) electrons. The van der Waals surface area contributed by atoms with E-state index in [-0.39, 0.29) is 6.09 Å². The van der Waals surface area contributed by atoms with Crippen molar-refractivity contribution in [3.63, 3.8) is 0 Å². The number of hydrogen-bond donors (Lipinski definition) is 1. The molecule has 1 aromatic rings. The number of nitrogens with one attached hydrogen (secondary N) is 1. The molecular weight excluding hydrogens is 250 g/mol. The number of rotatable bonds is 5. The van der Waals surface area contributed by atoms with Crippen molar-refractivity contribution in [1.29, 1.82) is 0 Å². The Hall–Kier alpha value is -1.77. The Kier molecular flexibility index (Phi) is 5.37. The molecule has 3 nitrogen and oxygen atoms in total. The first-order valence-corrected chi connectivity index (χ1v) is 6.93. The molecule has 0 fully saturated rings. The lowest BCUT2D eigenvalue weighted by atomic mass is 9.92. The van der Waals surface area contributed by atoms with E-state index in [1.54, 1.807) is 0 Å². The van der Waals surface area contributed by atoms with Crippen LogP contribution in [0.5, 0.6) is 0 Å². The fourth-order valence-electron chi connectivity index (χ4n) is 1.78. The quantitative estimate of drug-likeness (QED) is 0.868. The summed E-state index contributed by atoms with van der Waals surface area (Å²) in [6.45, 7) is 14.3. The molecule has 0 atom stereocenters. The molecule has 1 N–H and O–H groups in total. The highest BCUT2D eigenvalue weighted by molar-refractivity contribution is 5.69. The molecule has 0 aliphatic heterocycles. The number of ether oxygens (including phenoxy) is 1. The second kappa shape index (κ2) is 6.60. The summed E-state index contributed by atoms with van der Waals surface area (Å²) in [5.74, 6) is 0.329. The third kappa shape index (κ3) is 4.72. The van der Waals surface area contributed by atoms with Crippen LogP contribution in [0.15, 0.2) is 30.8 Å². The van der Waals surface area contributed by atoms with E-state index in [9.17, 15) is 4.79 Å².